The van der Waals surface area contributed by atoms with Crippen molar-refractivity contribution in [2.24, 2.45) is 5.73 Å². The topological polar surface area (TPSA) is 97.5 Å². The van der Waals surface area contributed by atoms with Crippen molar-refractivity contribution >= 4 is 28.5 Å². The first-order valence-corrected chi connectivity index (χ1v) is 8.56. The van der Waals surface area contributed by atoms with Crippen LogP contribution in [0.4, 0.5) is 0 Å². The number of aromatic amines is 1. The number of carbonyl (C=O) groups excluding carboxylic acids is 1. The average molecular weight is 433 g/mol. The predicted molar refractivity (Wildman–Crippen MR) is 99.0 cm³/mol. The highest BCUT2D eigenvalue weighted by Gasteiger charge is 2.17. The third kappa shape index (κ3) is 4.16. The van der Waals surface area contributed by atoms with Gasteiger partial charge in [-0.25, -0.2) is 0 Å². The molecule has 0 spiro atoms. The van der Waals surface area contributed by atoms with Gasteiger partial charge >= 0.3 is 0 Å². The highest BCUT2D eigenvalue weighted by molar-refractivity contribution is 14.1. The number of nitrogens with zero attached hydrogens (tertiary/aromatic N) is 3. The Morgan fingerprint density at radius 3 is 2.75 bits per heavy atom. The zero-order chi connectivity index (χ0) is 16.9. The maximum absolute atomic E-state index is 11.5. The molecule has 0 aliphatic carbocycles. The van der Waals surface area contributed by atoms with Gasteiger partial charge < -0.3 is 5.73 Å². The van der Waals surface area contributed by atoms with E-state index in [-0.39, 0.29) is 11.8 Å². The molecular formula is C17H16IN5O. The number of benzene rings is 2. The van der Waals surface area contributed by atoms with Crippen molar-refractivity contribution < 1.29 is 4.79 Å². The highest BCUT2D eigenvalue weighted by atomic mass is 127. The van der Waals surface area contributed by atoms with Crippen molar-refractivity contribution in [1.29, 1.82) is 0 Å². The maximum atomic E-state index is 11.5. The van der Waals surface area contributed by atoms with E-state index in [9.17, 15) is 4.79 Å². The van der Waals surface area contributed by atoms with Crippen LogP contribution in [0.2, 0.25) is 0 Å². The Morgan fingerprint density at radius 1 is 1.21 bits per heavy atom. The van der Waals surface area contributed by atoms with Gasteiger partial charge in [-0.1, -0.05) is 30.3 Å². The Hall–Kier alpha value is -2.29. The van der Waals surface area contributed by atoms with Crippen LogP contribution in [0, 0.1) is 3.57 Å². The summed E-state index contributed by atoms with van der Waals surface area (Å²) in [6.45, 7) is 0. The van der Waals surface area contributed by atoms with Gasteiger partial charge in [0.25, 0.3) is 0 Å². The van der Waals surface area contributed by atoms with Crippen molar-refractivity contribution in [3.05, 3.63) is 63.2 Å². The van der Waals surface area contributed by atoms with Crippen LogP contribution in [-0.4, -0.2) is 26.5 Å². The lowest BCUT2D eigenvalue weighted by Crippen LogP contribution is -2.17. The standard InChI is InChI=1S/C17H16IN5O/c18-15-6-1-3-11(8-15)7-14(10-16(19)24)12-4-2-5-13(9-12)17-20-22-23-21-17/h1-6,8-9,14H,7,10H2,(H2,19,24)(H,20,21,22,23). The van der Waals surface area contributed by atoms with Crippen LogP contribution in [0.25, 0.3) is 11.4 Å². The number of nitrogens with one attached hydrogen (secondary N) is 1. The number of hydrogen-bond acceptors (Lipinski definition) is 4. The number of tetrazole rings is 1. The van der Waals surface area contributed by atoms with Gasteiger partial charge in [-0.15, -0.1) is 10.2 Å². The molecule has 0 aliphatic rings. The Balaban J connectivity index is 1.91. The Bertz CT molecular complexity index is 835. The van der Waals surface area contributed by atoms with Crippen LogP contribution < -0.4 is 5.73 Å². The second-order valence-corrected chi connectivity index (χ2v) is 6.81. The quantitative estimate of drug-likeness (QED) is 0.585. The molecule has 1 unspecified atom stereocenters. The minimum absolute atomic E-state index is 0.00699. The summed E-state index contributed by atoms with van der Waals surface area (Å²) in [4.78, 5) is 11.5. The molecule has 2 aromatic carbocycles. The fourth-order valence-corrected chi connectivity index (χ4v) is 3.32. The van der Waals surface area contributed by atoms with Gasteiger partial charge in [0.15, 0.2) is 0 Å². The SMILES string of the molecule is NC(=O)CC(Cc1cccc(I)c1)c1cccc(-c2nn[nH]n2)c1. The van der Waals surface area contributed by atoms with Gasteiger partial charge in [0.05, 0.1) is 0 Å². The number of rotatable bonds is 6. The maximum Gasteiger partial charge on any atom is 0.218 e. The summed E-state index contributed by atoms with van der Waals surface area (Å²) in [6.07, 6.45) is 1.04. The fraction of sp³-hybridized carbons (Fsp3) is 0.176. The normalized spacial score (nSPS) is 12.0. The lowest BCUT2D eigenvalue weighted by Gasteiger charge is -2.17. The van der Waals surface area contributed by atoms with E-state index in [0.29, 0.717) is 12.2 Å². The van der Waals surface area contributed by atoms with Crippen LogP contribution in [0.5, 0.6) is 0 Å². The van der Waals surface area contributed by atoms with Gasteiger partial charge in [0, 0.05) is 15.6 Å². The van der Waals surface area contributed by atoms with E-state index in [1.54, 1.807) is 0 Å². The number of halogens is 1. The molecule has 1 aromatic heterocycles. The molecule has 0 radical (unpaired) electrons. The summed E-state index contributed by atoms with van der Waals surface area (Å²) >= 11 is 2.29. The van der Waals surface area contributed by atoms with E-state index in [2.05, 4.69) is 55.3 Å². The Kier molecular flexibility index (Phi) is 5.19. The van der Waals surface area contributed by atoms with Crippen LogP contribution >= 0.6 is 22.6 Å². The van der Waals surface area contributed by atoms with Gasteiger partial charge in [0.1, 0.15) is 0 Å². The molecule has 3 aromatic rings. The van der Waals surface area contributed by atoms with Crippen LogP contribution in [0.1, 0.15) is 23.5 Å². The Labute approximate surface area is 153 Å². The number of hydrogen-bond donors (Lipinski definition) is 2. The molecule has 0 fully saturated rings. The molecular weight excluding hydrogens is 417 g/mol. The summed E-state index contributed by atoms with van der Waals surface area (Å²) in [5.74, 6) is 0.229. The molecule has 7 heteroatoms. The third-order valence-corrected chi connectivity index (χ3v) is 4.45. The molecule has 0 saturated heterocycles. The van der Waals surface area contributed by atoms with Gasteiger partial charge in [-0.3, -0.25) is 4.79 Å². The summed E-state index contributed by atoms with van der Waals surface area (Å²) < 4.78 is 1.17. The molecule has 0 aliphatic heterocycles. The van der Waals surface area contributed by atoms with E-state index in [0.717, 1.165) is 17.5 Å². The summed E-state index contributed by atoms with van der Waals surface area (Å²) in [7, 11) is 0. The summed E-state index contributed by atoms with van der Waals surface area (Å²) in [5, 5.41) is 14.0. The average Bonchev–Trinajstić information content (AvgIpc) is 3.08. The van der Waals surface area contributed by atoms with Crippen molar-refractivity contribution in [3.63, 3.8) is 0 Å². The summed E-state index contributed by atoms with van der Waals surface area (Å²) in [6, 6.07) is 16.1. The first-order chi connectivity index (χ1) is 11.6. The van der Waals surface area contributed by atoms with E-state index in [1.165, 1.54) is 9.13 Å². The van der Waals surface area contributed by atoms with Gasteiger partial charge in [-0.05, 0) is 69.5 Å². The second-order valence-electron chi connectivity index (χ2n) is 5.56. The van der Waals surface area contributed by atoms with Crippen LogP contribution in [-0.2, 0) is 11.2 Å². The van der Waals surface area contributed by atoms with Crippen molar-refractivity contribution in [2.45, 2.75) is 18.8 Å². The molecule has 3 N–H and O–H groups in total. The van der Waals surface area contributed by atoms with E-state index in [4.69, 9.17) is 5.73 Å². The lowest BCUT2D eigenvalue weighted by molar-refractivity contribution is -0.118. The van der Waals surface area contributed by atoms with Gasteiger partial charge in [-0.2, -0.15) is 5.21 Å². The first kappa shape index (κ1) is 16.6. The second kappa shape index (κ2) is 7.52. The zero-order valence-electron chi connectivity index (χ0n) is 12.8. The molecule has 0 saturated carbocycles. The van der Waals surface area contributed by atoms with E-state index >= 15 is 0 Å². The Morgan fingerprint density at radius 2 is 2.04 bits per heavy atom. The molecule has 1 atom stereocenters. The third-order valence-electron chi connectivity index (χ3n) is 3.78. The molecule has 6 nitrogen and oxygen atoms in total. The number of carbonyl (C=O) groups is 1. The number of aromatic nitrogens is 4. The monoisotopic (exact) mass is 433 g/mol. The summed E-state index contributed by atoms with van der Waals surface area (Å²) in [5.41, 5.74) is 8.54. The highest BCUT2D eigenvalue weighted by Crippen LogP contribution is 2.27. The molecule has 3 rings (SSSR count). The number of nitrogens with two attached hydrogens (primary N) is 1. The smallest absolute Gasteiger partial charge is 0.218 e. The van der Waals surface area contributed by atoms with Crippen molar-refractivity contribution in [1.82, 2.24) is 20.6 Å². The number of amides is 1. The van der Waals surface area contributed by atoms with E-state index < -0.39 is 0 Å². The molecule has 1 amide bonds. The molecule has 1 heterocycles. The molecule has 0 bridgehead atoms. The number of H-pyrrole nitrogens is 1. The minimum Gasteiger partial charge on any atom is -0.370 e. The van der Waals surface area contributed by atoms with Crippen LogP contribution in [0.3, 0.4) is 0 Å². The van der Waals surface area contributed by atoms with Gasteiger partial charge in [0.2, 0.25) is 11.7 Å². The molecule has 24 heavy (non-hydrogen) atoms. The zero-order valence-corrected chi connectivity index (χ0v) is 15.0. The minimum atomic E-state index is -0.310. The predicted octanol–water partition coefficient (Wildman–Crippen LogP) is 2.67. The van der Waals surface area contributed by atoms with Crippen molar-refractivity contribution in [2.75, 3.05) is 0 Å². The lowest BCUT2D eigenvalue weighted by atomic mass is 9.88. The fourth-order valence-electron chi connectivity index (χ4n) is 2.71. The van der Waals surface area contributed by atoms with Crippen molar-refractivity contribution in [3.8, 4) is 11.4 Å². The largest absolute Gasteiger partial charge is 0.370 e. The van der Waals surface area contributed by atoms with Crippen LogP contribution in [0.15, 0.2) is 48.5 Å². The molecule has 122 valence electrons. The number of primary amides is 1. The first-order valence-electron chi connectivity index (χ1n) is 7.48. The van der Waals surface area contributed by atoms with E-state index in [1.807, 2.05) is 36.4 Å².